The zero-order valence-corrected chi connectivity index (χ0v) is 14.8. The van der Waals surface area contributed by atoms with Crippen molar-refractivity contribution in [1.82, 2.24) is 5.32 Å². The van der Waals surface area contributed by atoms with E-state index in [2.05, 4.69) is 23.5 Å². The molecule has 0 atom stereocenters. The first kappa shape index (κ1) is 17.2. The van der Waals surface area contributed by atoms with Crippen LogP contribution in [-0.4, -0.2) is 19.1 Å². The standard InChI is InChI=1S/C21H21NO2S/c23-21(22-13-12-19-10-6-14-25-19)16-24-20-11-5-4-9-18(20)15-17-7-2-1-3-8-17/h1-11,14H,12-13,15-16H2,(H,22,23). The molecule has 0 bridgehead atoms. The fourth-order valence-electron chi connectivity index (χ4n) is 2.58. The van der Waals surface area contributed by atoms with Gasteiger partial charge in [0.25, 0.3) is 5.91 Å². The normalized spacial score (nSPS) is 10.4. The van der Waals surface area contributed by atoms with Crippen LogP contribution < -0.4 is 10.1 Å². The van der Waals surface area contributed by atoms with Crippen molar-refractivity contribution in [2.24, 2.45) is 0 Å². The summed E-state index contributed by atoms with van der Waals surface area (Å²) in [5.74, 6) is 0.672. The molecule has 25 heavy (non-hydrogen) atoms. The molecule has 2 aromatic carbocycles. The van der Waals surface area contributed by atoms with Crippen molar-refractivity contribution in [2.45, 2.75) is 12.8 Å². The molecular formula is C21H21NO2S. The van der Waals surface area contributed by atoms with E-state index in [1.807, 2.05) is 53.9 Å². The fourth-order valence-corrected chi connectivity index (χ4v) is 3.29. The molecule has 1 aromatic heterocycles. The Morgan fingerprint density at radius 2 is 1.76 bits per heavy atom. The Kier molecular flexibility index (Phi) is 6.23. The number of ether oxygens (including phenoxy) is 1. The maximum atomic E-state index is 12.0. The molecule has 0 aliphatic heterocycles. The first-order valence-electron chi connectivity index (χ1n) is 8.35. The minimum absolute atomic E-state index is 0.0379. The summed E-state index contributed by atoms with van der Waals surface area (Å²) in [6, 6.07) is 22.2. The summed E-state index contributed by atoms with van der Waals surface area (Å²) in [6.07, 6.45) is 1.64. The second kappa shape index (κ2) is 9.04. The molecule has 4 heteroatoms. The number of hydrogen-bond acceptors (Lipinski definition) is 3. The minimum Gasteiger partial charge on any atom is -0.483 e. The average molecular weight is 351 g/mol. The molecule has 0 spiro atoms. The molecule has 0 radical (unpaired) electrons. The van der Waals surface area contributed by atoms with Crippen molar-refractivity contribution >= 4 is 17.2 Å². The third-order valence-electron chi connectivity index (χ3n) is 3.84. The molecule has 1 N–H and O–H groups in total. The van der Waals surface area contributed by atoms with Crippen LogP contribution in [0, 0.1) is 0 Å². The van der Waals surface area contributed by atoms with Crippen LogP contribution in [0.3, 0.4) is 0 Å². The van der Waals surface area contributed by atoms with Gasteiger partial charge in [-0.05, 0) is 35.1 Å². The van der Waals surface area contributed by atoms with Gasteiger partial charge >= 0.3 is 0 Å². The molecule has 1 amide bonds. The molecule has 3 rings (SSSR count). The molecule has 3 nitrogen and oxygen atoms in total. The lowest BCUT2D eigenvalue weighted by Gasteiger charge is -2.11. The molecule has 0 aliphatic rings. The molecule has 0 unspecified atom stereocenters. The predicted molar refractivity (Wildman–Crippen MR) is 102 cm³/mol. The van der Waals surface area contributed by atoms with Gasteiger partial charge in [-0.2, -0.15) is 0 Å². The Bertz CT molecular complexity index is 785. The zero-order valence-electron chi connectivity index (χ0n) is 14.0. The fraction of sp³-hybridized carbons (Fsp3) is 0.190. The molecular weight excluding hydrogens is 330 g/mol. The SMILES string of the molecule is O=C(COc1ccccc1Cc1ccccc1)NCCc1cccs1. The second-order valence-corrected chi connectivity index (χ2v) is 6.77. The van der Waals surface area contributed by atoms with Crippen molar-refractivity contribution in [3.05, 3.63) is 88.1 Å². The van der Waals surface area contributed by atoms with E-state index in [9.17, 15) is 4.79 Å². The van der Waals surface area contributed by atoms with Crippen molar-refractivity contribution in [3.63, 3.8) is 0 Å². The van der Waals surface area contributed by atoms with Gasteiger partial charge in [-0.25, -0.2) is 0 Å². The largest absolute Gasteiger partial charge is 0.483 e. The van der Waals surface area contributed by atoms with Crippen LogP contribution in [0.1, 0.15) is 16.0 Å². The van der Waals surface area contributed by atoms with E-state index in [0.29, 0.717) is 6.54 Å². The van der Waals surface area contributed by atoms with Crippen LogP contribution in [0.25, 0.3) is 0 Å². The van der Waals surface area contributed by atoms with Crippen molar-refractivity contribution < 1.29 is 9.53 Å². The topological polar surface area (TPSA) is 38.3 Å². The van der Waals surface area contributed by atoms with Crippen LogP contribution in [0.4, 0.5) is 0 Å². The number of hydrogen-bond donors (Lipinski definition) is 1. The van der Waals surface area contributed by atoms with E-state index >= 15 is 0 Å². The van der Waals surface area contributed by atoms with E-state index in [-0.39, 0.29) is 12.5 Å². The summed E-state index contributed by atoms with van der Waals surface area (Å²) in [6.45, 7) is 0.671. The Labute approximate surface area is 152 Å². The van der Waals surface area contributed by atoms with Gasteiger partial charge in [0, 0.05) is 17.8 Å². The molecule has 1 heterocycles. The van der Waals surface area contributed by atoms with Gasteiger partial charge < -0.3 is 10.1 Å². The zero-order chi connectivity index (χ0) is 17.3. The molecule has 0 saturated heterocycles. The Hall–Kier alpha value is -2.59. The number of rotatable bonds is 8. The smallest absolute Gasteiger partial charge is 0.257 e. The number of carbonyl (C=O) groups excluding carboxylic acids is 1. The molecule has 0 fully saturated rings. The van der Waals surface area contributed by atoms with Gasteiger partial charge in [-0.15, -0.1) is 11.3 Å². The summed E-state index contributed by atoms with van der Waals surface area (Å²) in [7, 11) is 0. The van der Waals surface area contributed by atoms with Crippen molar-refractivity contribution in [3.8, 4) is 5.75 Å². The predicted octanol–water partition coefficient (Wildman–Crippen LogP) is 4.08. The lowest BCUT2D eigenvalue weighted by molar-refractivity contribution is -0.123. The molecule has 3 aromatic rings. The van der Waals surface area contributed by atoms with Crippen molar-refractivity contribution in [1.29, 1.82) is 0 Å². The summed E-state index contributed by atoms with van der Waals surface area (Å²) in [5.41, 5.74) is 2.30. The van der Waals surface area contributed by atoms with Gasteiger partial charge in [0.1, 0.15) is 5.75 Å². The van der Waals surface area contributed by atoms with Gasteiger partial charge in [-0.1, -0.05) is 54.6 Å². The Balaban J connectivity index is 1.50. The lowest BCUT2D eigenvalue weighted by atomic mass is 10.0. The van der Waals surface area contributed by atoms with Gasteiger partial charge in [0.05, 0.1) is 0 Å². The Morgan fingerprint density at radius 1 is 0.960 bits per heavy atom. The quantitative estimate of drug-likeness (QED) is 0.664. The van der Waals surface area contributed by atoms with Crippen LogP contribution in [0.15, 0.2) is 72.1 Å². The first-order valence-corrected chi connectivity index (χ1v) is 9.23. The number of thiophene rings is 1. The van der Waals surface area contributed by atoms with Crippen LogP contribution in [-0.2, 0) is 17.6 Å². The third-order valence-corrected chi connectivity index (χ3v) is 4.78. The molecule has 128 valence electrons. The highest BCUT2D eigenvalue weighted by atomic mass is 32.1. The first-order chi connectivity index (χ1) is 12.3. The van der Waals surface area contributed by atoms with E-state index in [0.717, 1.165) is 24.2 Å². The summed E-state index contributed by atoms with van der Waals surface area (Å²) in [5, 5.41) is 4.95. The van der Waals surface area contributed by atoms with Gasteiger partial charge in [0.15, 0.2) is 6.61 Å². The summed E-state index contributed by atoms with van der Waals surface area (Å²) in [4.78, 5) is 13.3. The van der Waals surface area contributed by atoms with Crippen molar-refractivity contribution in [2.75, 3.05) is 13.2 Å². The number of nitrogens with one attached hydrogen (secondary N) is 1. The highest BCUT2D eigenvalue weighted by molar-refractivity contribution is 7.09. The maximum absolute atomic E-state index is 12.0. The average Bonchev–Trinajstić information content (AvgIpc) is 3.15. The number of carbonyl (C=O) groups is 1. The van der Waals surface area contributed by atoms with E-state index in [1.54, 1.807) is 11.3 Å². The van der Waals surface area contributed by atoms with Crippen LogP contribution in [0.5, 0.6) is 5.75 Å². The van der Waals surface area contributed by atoms with E-state index in [1.165, 1.54) is 10.4 Å². The highest BCUT2D eigenvalue weighted by Gasteiger charge is 2.07. The highest BCUT2D eigenvalue weighted by Crippen LogP contribution is 2.21. The minimum atomic E-state index is -0.0916. The number of para-hydroxylation sites is 1. The molecule has 0 aliphatic carbocycles. The third kappa shape index (κ3) is 5.47. The van der Waals surface area contributed by atoms with Gasteiger partial charge in [-0.3, -0.25) is 4.79 Å². The maximum Gasteiger partial charge on any atom is 0.257 e. The monoisotopic (exact) mass is 351 g/mol. The van der Waals surface area contributed by atoms with E-state index in [4.69, 9.17) is 4.74 Å². The van der Waals surface area contributed by atoms with Crippen LogP contribution in [0.2, 0.25) is 0 Å². The lowest BCUT2D eigenvalue weighted by Crippen LogP contribution is -2.30. The van der Waals surface area contributed by atoms with Crippen LogP contribution >= 0.6 is 11.3 Å². The summed E-state index contributed by atoms with van der Waals surface area (Å²) < 4.78 is 5.75. The number of benzene rings is 2. The summed E-state index contributed by atoms with van der Waals surface area (Å²) >= 11 is 1.71. The second-order valence-electron chi connectivity index (χ2n) is 5.74. The van der Waals surface area contributed by atoms with E-state index < -0.39 is 0 Å². The van der Waals surface area contributed by atoms with Gasteiger partial charge in [0.2, 0.25) is 0 Å². The molecule has 0 saturated carbocycles. The number of amides is 1. The Morgan fingerprint density at radius 3 is 2.56 bits per heavy atom.